The van der Waals surface area contributed by atoms with Crippen molar-refractivity contribution >= 4 is 34.9 Å². The Bertz CT molecular complexity index is 927. The number of aryl methyl sites for hydroxylation is 1. The lowest BCUT2D eigenvalue weighted by molar-refractivity contribution is 0.100. The lowest BCUT2D eigenvalue weighted by Crippen LogP contribution is -2.56. The molecule has 0 radical (unpaired) electrons. The largest absolute Gasteiger partial charge is 0.369 e. The van der Waals surface area contributed by atoms with Gasteiger partial charge in [-0.15, -0.1) is 12.4 Å². The first-order valence-electron chi connectivity index (χ1n) is 7.93. The summed E-state index contributed by atoms with van der Waals surface area (Å²) in [5, 5.41) is 8.50. The molecule has 1 aromatic carbocycles. The predicted octanol–water partition coefficient (Wildman–Crippen LogP) is 1.50. The number of hydrogen-bond donors (Lipinski definition) is 3. The average Bonchev–Trinajstić information content (AvgIpc) is 3.09. The van der Waals surface area contributed by atoms with Crippen LogP contribution in [0.5, 0.6) is 0 Å². The molecule has 0 spiro atoms. The van der Waals surface area contributed by atoms with Gasteiger partial charge in [-0.25, -0.2) is 0 Å². The van der Waals surface area contributed by atoms with Gasteiger partial charge in [0, 0.05) is 44.5 Å². The van der Waals surface area contributed by atoms with Gasteiger partial charge in [0.25, 0.3) is 5.91 Å². The summed E-state index contributed by atoms with van der Waals surface area (Å²) in [5.41, 5.74) is 9.80. The summed E-state index contributed by atoms with van der Waals surface area (Å²) in [5.74, 6) is -0.432. The number of hydrogen-bond acceptors (Lipinski definition) is 4. The van der Waals surface area contributed by atoms with E-state index in [2.05, 4.69) is 33.4 Å². The zero-order valence-electron chi connectivity index (χ0n) is 14.1. The molecule has 7 nitrogen and oxygen atoms in total. The van der Waals surface area contributed by atoms with E-state index in [0.717, 1.165) is 41.1 Å². The van der Waals surface area contributed by atoms with Crippen molar-refractivity contribution in [2.24, 2.45) is 12.8 Å². The number of likely N-dealkylation sites (N-methyl/N-ethyl adjacent to an activating group) is 1. The standard InChI is InChI=1S/C17H20N6O.ClH/c1-22(10-8-19-9-10)14-4-3-11(17(18)24)16-12(14)7-13(21-16)15-5-6-20-23(15)2;/h3-7,10,19,21H,8-9H2,1-2H3,(H2,18,24);1H. The second kappa shape index (κ2) is 6.42. The maximum absolute atomic E-state index is 11.8. The van der Waals surface area contributed by atoms with Crippen LogP contribution < -0.4 is 16.0 Å². The molecule has 0 atom stereocenters. The van der Waals surface area contributed by atoms with Gasteiger partial charge in [0.1, 0.15) is 0 Å². The minimum Gasteiger partial charge on any atom is -0.369 e. The fraction of sp³-hybridized carbons (Fsp3) is 0.294. The Morgan fingerprint density at radius 1 is 1.36 bits per heavy atom. The van der Waals surface area contributed by atoms with Crippen molar-refractivity contribution in [1.82, 2.24) is 20.1 Å². The van der Waals surface area contributed by atoms with E-state index in [0.29, 0.717) is 11.6 Å². The van der Waals surface area contributed by atoms with Gasteiger partial charge in [-0.05, 0) is 24.3 Å². The number of aromatic nitrogens is 3. The number of nitrogens with one attached hydrogen (secondary N) is 2. The van der Waals surface area contributed by atoms with Gasteiger partial charge >= 0.3 is 0 Å². The molecule has 1 saturated heterocycles. The Morgan fingerprint density at radius 2 is 2.12 bits per heavy atom. The van der Waals surface area contributed by atoms with Crippen molar-refractivity contribution in [2.75, 3.05) is 25.0 Å². The van der Waals surface area contributed by atoms with Gasteiger partial charge in [-0.1, -0.05) is 0 Å². The predicted molar refractivity (Wildman–Crippen MR) is 101 cm³/mol. The van der Waals surface area contributed by atoms with E-state index in [1.807, 2.05) is 19.2 Å². The number of halogens is 1. The van der Waals surface area contributed by atoms with Crippen LogP contribution in [0.15, 0.2) is 30.5 Å². The monoisotopic (exact) mass is 360 g/mol. The lowest BCUT2D eigenvalue weighted by Gasteiger charge is -2.37. The van der Waals surface area contributed by atoms with Crippen molar-refractivity contribution in [1.29, 1.82) is 0 Å². The Morgan fingerprint density at radius 3 is 2.68 bits per heavy atom. The number of rotatable bonds is 4. The molecule has 0 aliphatic carbocycles. The van der Waals surface area contributed by atoms with Crippen LogP contribution in [0, 0.1) is 0 Å². The quantitative estimate of drug-likeness (QED) is 0.657. The second-order valence-electron chi connectivity index (χ2n) is 6.23. The molecule has 1 fully saturated rings. The molecule has 3 heterocycles. The van der Waals surface area contributed by atoms with E-state index >= 15 is 0 Å². The van der Waals surface area contributed by atoms with Crippen molar-refractivity contribution in [3.8, 4) is 11.4 Å². The highest BCUT2D eigenvalue weighted by molar-refractivity contribution is 6.09. The van der Waals surface area contributed by atoms with Crippen LogP contribution >= 0.6 is 12.4 Å². The molecule has 4 N–H and O–H groups in total. The molecular formula is C17H21ClN6O. The number of aromatic amines is 1. The van der Waals surface area contributed by atoms with Crippen molar-refractivity contribution in [2.45, 2.75) is 6.04 Å². The molecule has 0 saturated carbocycles. The van der Waals surface area contributed by atoms with E-state index in [1.165, 1.54) is 0 Å². The first kappa shape index (κ1) is 17.3. The average molecular weight is 361 g/mol. The highest BCUT2D eigenvalue weighted by Gasteiger charge is 2.24. The molecule has 132 valence electrons. The molecule has 1 aliphatic rings. The third-order valence-corrected chi connectivity index (χ3v) is 4.82. The minimum atomic E-state index is -0.432. The van der Waals surface area contributed by atoms with Gasteiger partial charge in [-0.3, -0.25) is 9.48 Å². The summed E-state index contributed by atoms with van der Waals surface area (Å²) in [6.45, 7) is 1.93. The molecule has 3 aromatic rings. The summed E-state index contributed by atoms with van der Waals surface area (Å²) in [4.78, 5) is 17.4. The Kier molecular flexibility index (Phi) is 4.45. The number of nitrogens with two attached hydrogens (primary N) is 1. The maximum Gasteiger partial charge on any atom is 0.250 e. The van der Waals surface area contributed by atoms with Crippen LogP contribution in [-0.4, -0.2) is 46.9 Å². The number of carbonyl (C=O) groups excluding carboxylic acids is 1. The van der Waals surface area contributed by atoms with Gasteiger partial charge in [0.2, 0.25) is 0 Å². The van der Waals surface area contributed by atoms with Crippen molar-refractivity contribution in [3.63, 3.8) is 0 Å². The summed E-state index contributed by atoms with van der Waals surface area (Å²) < 4.78 is 1.80. The second-order valence-corrected chi connectivity index (χ2v) is 6.23. The normalized spacial score (nSPS) is 14.2. The SMILES string of the molecule is CN(c1ccc(C(N)=O)c2[nH]c(-c3ccnn3C)cc12)C1CNC1.Cl. The van der Waals surface area contributed by atoms with Crippen LogP contribution in [0.3, 0.4) is 0 Å². The number of nitrogens with zero attached hydrogens (tertiary/aromatic N) is 3. The Balaban J connectivity index is 0.00000182. The third kappa shape index (κ3) is 2.75. The summed E-state index contributed by atoms with van der Waals surface area (Å²) in [6.07, 6.45) is 1.75. The van der Waals surface area contributed by atoms with Gasteiger partial charge in [0.05, 0.1) is 28.5 Å². The number of carbonyl (C=O) groups is 1. The smallest absolute Gasteiger partial charge is 0.250 e. The van der Waals surface area contributed by atoms with Crippen LogP contribution in [0.25, 0.3) is 22.3 Å². The number of anilines is 1. The fourth-order valence-electron chi connectivity index (χ4n) is 3.24. The van der Waals surface area contributed by atoms with E-state index in [4.69, 9.17) is 5.73 Å². The third-order valence-electron chi connectivity index (χ3n) is 4.82. The van der Waals surface area contributed by atoms with Crippen molar-refractivity contribution < 1.29 is 4.79 Å². The molecule has 0 unspecified atom stereocenters. The summed E-state index contributed by atoms with van der Waals surface area (Å²) in [6, 6.07) is 8.24. The highest BCUT2D eigenvalue weighted by Crippen LogP contribution is 2.34. The molecular weight excluding hydrogens is 340 g/mol. The Hall–Kier alpha value is -2.51. The molecule has 1 amide bonds. The van der Waals surface area contributed by atoms with Crippen LogP contribution in [-0.2, 0) is 7.05 Å². The molecule has 4 rings (SSSR count). The lowest BCUT2D eigenvalue weighted by atomic mass is 10.1. The van der Waals surface area contributed by atoms with E-state index < -0.39 is 5.91 Å². The molecule has 1 aliphatic heterocycles. The number of amides is 1. The van der Waals surface area contributed by atoms with E-state index in [9.17, 15) is 4.79 Å². The first-order chi connectivity index (χ1) is 11.6. The highest BCUT2D eigenvalue weighted by atomic mass is 35.5. The molecule has 25 heavy (non-hydrogen) atoms. The van der Waals surface area contributed by atoms with Gasteiger partial charge in [0.15, 0.2) is 0 Å². The van der Waals surface area contributed by atoms with Crippen LogP contribution in [0.2, 0.25) is 0 Å². The zero-order chi connectivity index (χ0) is 16.8. The zero-order valence-corrected chi connectivity index (χ0v) is 14.9. The van der Waals surface area contributed by atoms with E-state index in [1.54, 1.807) is 16.9 Å². The molecule has 2 aromatic heterocycles. The molecule has 0 bridgehead atoms. The van der Waals surface area contributed by atoms with E-state index in [-0.39, 0.29) is 12.4 Å². The molecule has 8 heteroatoms. The summed E-state index contributed by atoms with van der Waals surface area (Å²) >= 11 is 0. The van der Waals surface area contributed by atoms with Crippen molar-refractivity contribution in [3.05, 3.63) is 36.0 Å². The summed E-state index contributed by atoms with van der Waals surface area (Å²) in [7, 11) is 3.98. The van der Waals surface area contributed by atoms with Gasteiger partial charge < -0.3 is 20.9 Å². The Labute approximate surface area is 151 Å². The number of fused-ring (bicyclic) bond motifs is 1. The number of benzene rings is 1. The van der Waals surface area contributed by atoms with Crippen LogP contribution in [0.4, 0.5) is 5.69 Å². The number of primary amides is 1. The van der Waals surface area contributed by atoms with Gasteiger partial charge in [-0.2, -0.15) is 5.10 Å². The minimum absolute atomic E-state index is 0. The van der Waals surface area contributed by atoms with Crippen LogP contribution in [0.1, 0.15) is 10.4 Å². The maximum atomic E-state index is 11.8. The number of H-pyrrole nitrogens is 1. The first-order valence-corrected chi connectivity index (χ1v) is 7.93. The topological polar surface area (TPSA) is 92.0 Å². The fourth-order valence-corrected chi connectivity index (χ4v) is 3.24.